The Labute approximate surface area is 522 Å². The Morgan fingerprint density at radius 3 is 0.929 bits per heavy atom. The van der Waals surface area contributed by atoms with E-state index in [1.807, 2.05) is 0 Å². The highest BCUT2D eigenvalue weighted by Gasteiger charge is 2.39. The zero-order valence-electron chi connectivity index (χ0n) is 58.5. The maximum Gasteiger partial charge on any atom is -0.00256 e. The highest BCUT2D eigenvalue weighted by atomic mass is 14.4. The molecule has 6 aromatic carbocycles. The summed E-state index contributed by atoms with van der Waals surface area (Å²) in [5.41, 5.74) is 20.1. The van der Waals surface area contributed by atoms with Gasteiger partial charge in [0.2, 0.25) is 0 Å². The maximum atomic E-state index is 2.58. The lowest BCUT2D eigenvalue weighted by Gasteiger charge is -2.46. The van der Waals surface area contributed by atoms with Gasteiger partial charge < -0.3 is 0 Å². The molecule has 0 atom stereocenters. The number of hydrogen-bond acceptors (Lipinski definition) is 0. The summed E-state index contributed by atoms with van der Waals surface area (Å²) in [5, 5.41) is 0. The first-order chi connectivity index (χ1) is 40.1. The van der Waals surface area contributed by atoms with Crippen molar-refractivity contribution >= 4 is 0 Å². The largest absolute Gasteiger partial charge is 0.0656 e. The van der Waals surface area contributed by atoms with Gasteiger partial charge in [-0.1, -0.05) is 304 Å². The van der Waals surface area contributed by atoms with Crippen molar-refractivity contribution in [2.45, 2.75) is 273 Å². The third-order valence-corrected chi connectivity index (χ3v) is 18.4. The average Bonchev–Trinajstić information content (AvgIpc) is 3.33. The molecular weight excluding hydrogens is 1010 g/mol. The predicted molar refractivity (Wildman–Crippen MR) is 380 cm³/mol. The van der Waals surface area contributed by atoms with Crippen LogP contribution in [0.1, 0.15) is 271 Å². The van der Waals surface area contributed by atoms with Gasteiger partial charge in [0, 0.05) is 0 Å². The first-order valence-electron chi connectivity index (χ1n) is 34.5. The SMILES string of the molecule is CC1CCC(C(C)(C)C2CCC(C)CC2)CC1.CCC.CCC.CCCC.CCc1cccc(CC)c1.Cc1ccc(CC2CCC(C)CC2)cc1.Cc1ccc(Cc2ccc(C)c(C)c2)cc1C.Cc1ccc(Cc2ccc(C)cc2)cc1. The molecule has 0 heterocycles. The van der Waals surface area contributed by atoms with Crippen LogP contribution < -0.4 is 0 Å². The van der Waals surface area contributed by atoms with Crippen molar-refractivity contribution in [3.8, 4) is 0 Å². The quantitative estimate of drug-likeness (QED) is 0.121. The van der Waals surface area contributed by atoms with Crippen molar-refractivity contribution < 1.29 is 0 Å². The second-order valence-corrected chi connectivity index (χ2v) is 27.2. The number of unbranched alkanes of at least 4 members (excludes halogenated alkanes) is 1. The third-order valence-electron chi connectivity index (χ3n) is 18.4. The molecule has 84 heavy (non-hydrogen) atoms. The van der Waals surface area contributed by atoms with Crippen molar-refractivity contribution in [2.24, 2.45) is 40.9 Å². The van der Waals surface area contributed by atoms with Crippen LogP contribution >= 0.6 is 0 Å². The Kier molecular flexibility index (Phi) is 38.6. The Morgan fingerprint density at radius 2 is 0.619 bits per heavy atom. The summed E-state index contributed by atoms with van der Waals surface area (Å²) >= 11 is 0. The van der Waals surface area contributed by atoms with Gasteiger partial charge in [-0.05, 0) is 221 Å². The van der Waals surface area contributed by atoms with Gasteiger partial charge >= 0.3 is 0 Å². The smallest absolute Gasteiger partial charge is 0.00256 e. The normalized spacial score (nSPS) is 18.8. The molecule has 3 aliphatic carbocycles. The van der Waals surface area contributed by atoms with E-state index in [4.69, 9.17) is 0 Å². The zero-order chi connectivity index (χ0) is 62.5. The molecule has 3 saturated carbocycles. The molecule has 0 bridgehead atoms. The van der Waals surface area contributed by atoms with E-state index in [2.05, 4.69) is 272 Å². The highest BCUT2D eigenvalue weighted by Crippen LogP contribution is 2.49. The van der Waals surface area contributed by atoms with Gasteiger partial charge in [-0.15, -0.1) is 0 Å². The monoisotopic (exact) mass is 1140 g/mol. The van der Waals surface area contributed by atoms with Crippen molar-refractivity contribution in [3.63, 3.8) is 0 Å². The van der Waals surface area contributed by atoms with Crippen LogP contribution in [0, 0.1) is 89.4 Å². The lowest BCUT2D eigenvalue weighted by molar-refractivity contribution is 0.0421. The Balaban J connectivity index is 0.000000347. The number of benzene rings is 6. The fourth-order valence-corrected chi connectivity index (χ4v) is 11.7. The molecule has 0 saturated heterocycles. The van der Waals surface area contributed by atoms with Gasteiger partial charge in [0.15, 0.2) is 0 Å². The van der Waals surface area contributed by atoms with E-state index < -0.39 is 0 Å². The first-order valence-corrected chi connectivity index (χ1v) is 34.5. The van der Waals surface area contributed by atoms with Crippen LogP contribution in [-0.4, -0.2) is 0 Å². The van der Waals surface area contributed by atoms with Crippen LogP contribution in [0.4, 0.5) is 0 Å². The molecular formula is C84H130. The molecule has 0 spiro atoms. The van der Waals surface area contributed by atoms with Gasteiger partial charge in [0.1, 0.15) is 0 Å². The van der Waals surface area contributed by atoms with Crippen LogP contribution in [0.15, 0.2) is 133 Å². The van der Waals surface area contributed by atoms with Crippen LogP contribution in [0.5, 0.6) is 0 Å². The summed E-state index contributed by atoms with van der Waals surface area (Å²) in [5.74, 6) is 5.93. The van der Waals surface area contributed by atoms with E-state index in [1.54, 1.807) is 0 Å². The molecule has 3 aliphatic rings. The van der Waals surface area contributed by atoms with Gasteiger partial charge in [0.25, 0.3) is 0 Å². The van der Waals surface area contributed by atoms with Crippen molar-refractivity contribution in [3.05, 3.63) is 211 Å². The summed E-state index contributed by atoms with van der Waals surface area (Å²) < 4.78 is 0. The molecule has 6 aromatic rings. The highest BCUT2D eigenvalue weighted by molar-refractivity contribution is 5.37. The van der Waals surface area contributed by atoms with Crippen LogP contribution in [0.3, 0.4) is 0 Å². The minimum Gasteiger partial charge on any atom is -0.0656 e. The van der Waals surface area contributed by atoms with Crippen molar-refractivity contribution in [1.29, 1.82) is 0 Å². The van der Waals surface area contributed by atoms with E-state index in [-0.39, 0.29) is 0 Å². The van der Waals surface area contributed by atoms with Crippen LogP contribution in [0.25, 0.3) is 0 Å². The van der Waals surface area contributed by atoms with E-state index in [1.165, 1.54) is 187 Å². The molecule has 0 heteroatoms. The Morgan fingerprint density at radius 1 is 0.321 bits per heavy atom. The van der Waals surface area contributed by atoms with E-state index in [0.29, 0.717) is 5.41 Å². The van der Waals surface area contributed by atoms with E-state index in [9.17, 15) is 0 Å². The second-order valence-electron chi connectivity index (χ2n) is 27.2. The molecule has 3 fully saturated rings. The van der Waals surface area contributed by atoms with E-state index in [0.717, 1.165) is 61.2 Å². The number of rotatable bonds is 11. The lowest BCUT2D eigenvalue weighted by Crippen LogP contribution is -2.36. The van der Waals surface area contributed by atoms with Gasteiger partial charge in [-0.25, -0.2) is 0 Å². The minimum absolute atomic E-state index is 0.611. The van der Waals surface area contributed by atoms with Crippen molar-refractivity contribution in [1.82, 2.24) is 0 Å². The molecule has 0 radical (unpaired) electrons. The molecule has 0 aromatic heterocycles. The number of aryl methyl sites for hydroxylation is 9. The predicted octanol–water partition coefficient (Wildman–Crippen LogP) is 25.9. The van der Waals surface area contributed by atoms with Gasteiger partial charge in [-0.3, -0.25) is 0 Å². The molecule has 0 unspecified atom stereocenters. The molecule has 0 aliphatic heterocycles. The zero-order valence-corrected chi connectivity index (χ0v) is 58.5. The van der Waals surface area contributed by atoms with Crippen molar-refractivity contribution in [2.75, 3.05) is 0 Å². The third kappa shape index (κ3) is 31.1. The minimum atomic E-state index is 0.611. The Bertz CT molecular complexity index is 2400. The van der Waals surface area contributed by atoms with Gasteiger partial charge in [0.05, 0.1) is 0 Å². The number of hydrogen-bond donors (Lipinski definition) is 0. The topological polar surface area (TPSA) is 0 Å². The Hall–Kier alpha value is -4.68. The standard InChI is InChI=1S/C17H32.C17H20.C15H22.C15H16.C10H14.C4H10.2C3H8/c1-13-5-9-15(10-6-13)17(3,4)16-11-7-14(2)8-12-16;1-12-5-7-16(9-14(12)3)11-17-8-6-13(2)15(4)10-17;2*1-12-3-7-14(8-4-12)11-15-9-5-13(2)6-10-15;1-3-9-6-5-7-10(4-2)8-9;1-3-4-2;2*1-3-2/h13-16H,5-12H2,1-4H3;5-10H,11H2,1-4H3;3-4,7-8,13,15H,5-6,9-11H2,1-2H3;3-10H,11H2,1-2H3;5-8H,3-4H2,1-2H3;3-4H2,1-2H3;2*3H2,1-2H3. The molecule has 0 nitrogen and oxygen atoms in total. The molecule has 0 N–H and O–H groups in total. The van der Waals surface area contributed by atoms with E-state index >= 15 is 0 Å². The van der Waals surface area contributed by atoms with Gasteiger partial charge in [-0.2, -0.15) is 0 Å². The first kappa shape index (κ1) is 75.4. The lowest BCUT2D eigenvalue weighted by atomic mass is 9.59. The van der Waals surface area contributed by atoms with Crippen LogP contribution in [0.2, 0.25) is 0 Å². The fraction of sp³-hybridized carbons (Fsp3) is 0.571. The van der Waals surface area contributed by atoms with Crippen LogP contribution in [-0.2, 0) is 32.1 Å². The average molecular weight is 1140 g/mol. The molecule has 0 amide bonds. The fourth-order valence-electron chi connectivity index (χ4n) is 11.7. The summed E-state index contributed by atoms with van der Waals surface area (Å²) in [6.07, 6.45) is 28.5. The summed E-state index contributed by atoms with van der Waals surface area (Å²) in [4.78, 5) is 0. The summed E-state index contributed by atoms with van der Waals surface area (Å²) in [7, 11) is 0. The summed E-state index contributed by atoms with van der Waals surface area (Å²) in [6.45, 7) is 44.7. The summed E-state index contributed by atoms with van der Waals surface area (Å²) in [6, 6.07) is 48.8. The molecule has 9 rings (SSSR count). The second kappa shape index (κ2) is 43.0. The molecule has 466 valence electrons. The maximum absolute atomic E-state index is 2.58.